The van der Waals surface area contributed by atoms with Crippen molar-refractivity contribution in [2.24, 2.45) is 0 Å². The Labute approximate surface area is 162 Å². The van der Waals surface area contributed by atoms with Gasteiger partial charge in [-0.3, -0.25) is 9.36 Å². The van der Waals surface area contributed by atoms with Crippen molar-refractivity contribution in [3.05, 3.63) is 66.0 Å². The maximum atomic E-state index is 11.8. The lowest BCUT2D eigenvalue weighted by molar-refractivity contribution is -0.139. The minimum atomic E-state index is -0.397. The van der Waals surface area contributed by atoms with E-state index in [1.807, 2.05) is 66.1 Å². The molecule has 0 saturated carbocycles. The number of thioether (sulfide) groups is 1. The van der Waals surface area contributed by atoms with Gasteiger partial charge in [-0.1, -0.05) is 47.7 Å². The zero-order chi connectivity index (χ0) is 19.2. The van der Waals surface area contributed by atoms with E-state index in [-0.39, 0.29) is 12.6 Å². The first kappa shape index (κ1) is 19.0. The van der Waals surface area contributed by atoms with Gasteiger partial charge in [-0.05, 0) is 38.1 Å². The average molecular weight is 383 g/mol. The number of methoxy groups -OCH3 is 1. The van der Waals surface area contributed by atoms with Gasteiger partial charge in [0, 0.05) is 5.69 Å². The topological polar surface area (TPSA) is 66.2 Å². The second-order valence-electron chi connectivity index (χ2n) is 5.95. The highest BCUT2D eigenvalue weighted by atomic mass is 32.2. The molecule has 0 saturated heterocycles. The smallest absolute Gasteiger partial charge is 0.318 e. The molecule has 27 heavy (non-hydrogen) atoms. The fraction of sp³-hybridized carbons (Fsp3) is 0.250. The minimum Gasteiger partial charge on any atom is -0.486 e. The van der Waals surface area contributed by atoms with Gasteiger partial charge in [-0.15, -0.1) is 10.2 Å². The molecule has 1 unspecified atom stereocenters. The quantitative estimate of drug-likeness (QED) is 0.457. The summed E-state index contributed by atoms with van der Waals surface area (Å²) in [6.07, 6.45) is 0. The predicted molar refractivity (Wildman–Crippen MR) is 104 cm³/mol. The van der Waals surface area contributed by atoms with Gasteiger partial charge in [0.1, 0.15) is 17.6 Å². The molecule has 0 N–H and O–H groups in total. The van der Waals surface area contributed by atoms with Gasteiger partial charge < -0.3 is 9.47 Å². The van der Waals surface area contributed by atoms with Gasteiger partial charge in [0.05, 0.1) is 7.11 Å². The lowest BCUT2D eigenvalue weighted by atomic mass is 10.2. The Balaban J connectivity index is 1.90. The fourth-order valence-electron chi connectivity index (χ4n) is 2.46. The Kier molecular flexibility index (Phi) is 6.13. The summed E-state index contributed by atoms with van der Waals surface area (Å²) in [7, 11) is 1.38. The van der Waals surface area contributed by atoms with Gasteiger partial charge in [0.15, 0.2) is 11.0 Å². The van der Waals surface area contributed by atoms with E-state index >= 15 is 0 Å². The summed E-state index contributed by atoms with van der Waals surface area (Å²) >= 11 is 1.30. The molecule has 0 amide bonds. The van der Waals surface area contributed by atoms with E-state index in [1.165, 1.54) is 18.9 Å². The van der Waals surface area contributed by atoms with Crippen LogP contribution < -0.4 is 4.74 Å². The van der Waals surface area contributed by atoms with E-state index in [0.29, 0.717) is 11.0 Å². The molecular weight excluding hydrogens is 362 g/mol. The summed E-state index contributed by atoms with van der Waals surface area (Å²) in [6, 6.07) is 17.6. The van der Waals surface area contributed by atoms with E-state index < -0.39 is 5.25 Å². The van der Waals surface area contributed by atoms with Gasteiger partial charge >= 0.3 is 5.97 Å². The predicted octanol–water partition coefficient (Wildman–Crippen LogP) is 3.81. The van der Waals surface area contributed by atoms with Crippen molar-refractivity contribution in [2.75, 3.05) is 7.11 Å². The molecule has 0 aliphatic heterocycles. The first-order valence-electron chi connectivity index (χ1n) is 8.52. The number of esters is 1. The van der Waals surface area contributed by atoms with Crippen LogP contribution in [0.25, 0.3) is 5.69 Å². The van der Waals surface area contributed by atoms with E-state index in [2.05, 4.69) is 10.2 Å². The number of carbonyl (C=O) groups is 1. The van der Waals surface area contributed by atoms with Crippen molar-refractivity contribution in [1.29, 1.82) is 0 Å². The largest absolute Gasteiger partial charge is 0.486 e. The molecular formula is C20H21N3O3S. The molecule has 0 aliphatic rings. The third-order valence-corrected chi connectivity index (χ3v) is 4.94. The Bertz CT molecular complexity index is 895. The standard InChI is InChI=1S/C20H21N3O3S/c1-14-9-11-16(12-10-14)23-18(13-26-17-7-5-4-6-8-17)21-22-20(23)27-15(2)19(24)25-3/h4-12,15H,13H2,1-3H3. The summed E-state index contributed by atoms with van der Waals surface area (Å²) in [4.78, 5) is 11.8. The van der Waals surface area contributed by atoms with Crippen LogP contribution in [0.5, 0.6) is 5.75 Å². The molecule has 0 radical (unpaired) electrons. The first-order chi connectivity index (χ1) is 13.1. The van der Waals surface area contributed by atoms with Crippen LogP contribution in [0, 0.1) is 6.92 Å². The highest BCUT2D eigenvalue weighted by Crippen LogP contribution is 2.27. The lowest BCUT2D eigenvalue weighted by Gasteiger charge is -2.13. The summed E-state index contributed by atoms with van der Waals surface area (Å²) in [5.74, 6) is 1.11. The van der Waals surface area contributed by atoms with Crippen molar-refractivity contribution in [2.45, 2.75) is 30.9 Å². The molecule has 3 rings (SSSR count). The average Bonchev–Trinajstić information content (AvgIpc) is 3.09. The second kappa shape index (κ2) is 8.73. The normalized spacial score (nSPS) is 11.8. The Morgan fingerprint density at radius 2 is 1.81 bits per heavy atom. The molecule has 1 atom stereocenters. The molecule has 7 heteroatoms. The van der Waals surface area contributed by atoms with Crippen LogP contribution in [-0.4, -0.2) is 33.1 Å². The Hall–Kier alpha value is -2.80. The van der Waals surface area contributed by atoms with Crippen LogP contribution in [0.3, 0.4) is 0 Å². The number of rotatable bonds is 7. The monoisotopic (exact) mass is 383 g/mol. The molecule has 6 nitrogen and oxygen atoms in total. The van der Waals surface area contributed by atoms with Gasteiger partial charge in [0.2, 0.25) is 0 Å². The molecule has 0 bridgehead atoms. The van der Waals surface area contributed by atoms with Crippen molar-refractivity contribution in [3.63, 3.8) is 0 Å². The number of para-hydroxylation sites is 1. The highest BCUT2D eigenvalue weighted by molar-refractivity contribution is 8.00. The zero-order valence-electron chi connectivity index (χ0n) is 15.5. The van der Waals surface area contributed by atoms with Crippen LogP contribution >= 0.6 is 11.8 Å². The van der Waals surface area contributed by atoms with Gasteiger partial charge in [-0.2, -0.15) is 0 Å². The molecule has 0 aliphatic carbocycles. The van der Waals surface area contributed by atoms with Crippen LogP contribution in [0.2, 0.25) is 0 Å². The van der Waals surface area contributed by atoms with Crippen molar-refractivity contribution < 1.29 is 14.3 Å². The molecule has 2 aromatic carbocycles. The fourth-order valence-corrected chi connectivity index (χ4v) is 3.37. The Morgan fingerprint density at radius 1 is 1.11 bits per heavy atom. The maximum Gasteiger partial charge on any atom is 0.318 e. The summed E-state index contributed by atoms with van der Waals surface area (Å²) in [5, 5.41) is 8.77. The third kappa shape index (κ3) is 4.68. The van der Waals surface area contributed by atoms with Crippen molar-refractivity contribution in [3.8, 4) is 11.4 Å². The number of nitrogens with zero attached hydrogens (tertiary/aromatic N) is 3. The first-order valence-corrected chi connectivity index (χ1v) is 9.40. The summed E-state index contributed by atoms with van der Waals surface area (Å²) < 4.78 is 12.6. The van der Waals surface area contributed by atoms with Gasteiger partial charge in [0.25, 0.3) is 0 Å². The summed E-state index contributed by atoms with van der Waals surface area (Å²) in [6.45, 7) is 4.08. The molecule has 1 heterocycles. The molecule has 1 aromatic heterocycles. The van der Waals surface area contributed by atoms with Crippen LogP contribution in [0.15, 0.2) is 59.8 Å². The van der Waals surface area contributed by atoms with Gasteiger partial charge in [-0.25, -0.2) is 0 Å². The zero-order valence-corrected chi connectivity index (χ0v) is 16.3. The number of benzene rings is 2. The third-order valence-electron chi connectivity index (χ3n) is 3.92. The SMILES string of the molecule is COC(=O)C(C)Sc1nnc(COc2ccccc2)n1-c1ccc(C)cc1. The van der Waals surface area contributed by atoms with E-state index in [1.54, 1.807) is 6.92 Å². The van der Waals surface area contributed by atoms with E-state index in [0.717, 1.165) is 17.0 Å². The number of aromatic nitrogens is 3. The van der Waals surface area contributed by atoms with E-state index in [4.69, 9.17) is 9.47 Å². The van der Waals surface area contributed by atoms with E-state index in [9.17, 15) is 4.79 Å². The van der Waals surface area contributed by atoms with Crippen LogP contribution in [0.1, 0.15) is 18.3 Å². The molecule has 140 valence electrons. The van der Waals surface area contributed by atoms with Crippen LogP contribution in [-0.2, 0) is 16.1 Å². The Morgan fingerprint density at radius 3 is 2.48 bits per heavy atom. The highest BCUT2D eigenvalue weighted by Gasteiger charge is 2.21. The number of carbonyl (C=O) groups excluding carboxylic acids is 1. The van der Waals surface area contributed by atoms with Crippen molar-refractivity contribution in [1.82, 2.24) is 14.8 Å². The number of ether oxygens (including phenoxy) is 2. The molecule has 3 aromatic rings. The second-order valence-corrected chi connectivity index (χ2v) is 7.26. The lowest BCUT2D eigenvalue weighted by Crippen LogP contribution is -2.16. The number of hydrogen-bond acceptors (Lipinski definition) is 6. The maximum absolute atomic E-state index is 11.8. The molecule has 0 fully saturated rings. The number of hydrogen-bond donors (Lipinski definition) is 0. The molecule has 0 spiro atoms. The summed E-state index contributed by atoms with van der Waals surface area (Å²) in [5.41, 5.74) is 2.07. The van der Waals surface area contributed by atoms with Crippen LogP contribution in [0.4, 0.5) is 0 Å². The minimum absolute atomic E-state index is 0.262. The van der Waals surface area contributed by atoms with Crippen molar-refractivity contribution >= 4 is 17.7 Å². The number of aryl methyl sites for hydroxylation is 1.